The number of rotatable bonds is 6. The molecule has 1 unspecified atom stereocenters. The smallest absolute Gasteiger partial charge is 0.338 e. The molecular weight excluding hydrogens is 208 g/mol. The highest BCUT2D eigenvalue weighted by molar-refractivity contribution is 5.89. The first-order chi connectivity index (χ1) is 7.77. The van der Waals surface area contributed by atoms with Gasteiger partial charge in [0.25, 0.3) is 0 Å². The van der Waals surface area contributed by atoms with Gasteiger partial charge in [-0.15, -0.1) is 0 Å². The fraction of sp³-hybridized carbons (Fsp3) is 0.417. The highest BCUT2D eigenvalue weighted by Crippen LogP contribution is 2.04. The number of hydrogen-bond acceptors (Lipinski definition) is 3. The maximum absolute atomic E-state index is 11.6. The van der Waals surface area contributed by atoms with Gasteiger partial charge in [-0.2, -0.15) is 0 Å². The van der Waals surface area contributed by atoms with Crippen molar-refractivity contribution in [1.82, 2.24) is 0 Å². The first-order valence-electron chi connectivity index (χ1n) is 5.19. The second kappa shape index (κ2) is 6.98. The van der Waals surface area contributed by atoms with Crippen molar-refractivity contribution in [2.24, 2.45) is 0 Å². The van der Waals surface area contributed by atoms with Crippen molar-refractivity contribution >= 4 is 5.97 Å². The molecule has 0 aromatic heterocycles. The zero-order valence-corrected chi connectivity index (χ0v) is 9.22. The maximum atomic E-state index is 11.6. The van der Waals surface area contributed by atoms with Gasteiger partial charge in [-0.25, -0.2) is 9.90 Å². The Balaban J connectivity index is 2.49. The Morgan fingerprint density at radius 3 is 2.56 bits per heavy atom. The van der Waals surface area contributed by atoms with E-state index in [1.165, 1.54) is 0 Å². The van der Waals surface area contributed by atoms with Crippen molar-refractivity contribution < 1.29 is 19.4 Å². The van der Waals surface area contributed by atoms with Crippen molar-refractivity contribution in [3.05, 3.63) is 35.9 Å². The van der Waals surface area contributed by atoms with Gasteiger partial charge in [0.2, 0.25) is 0 Å². The van der Waals surface area contributed by atoms with Crippen LogP contribution in [0.1, 0.15) is 17.3 Å². The van der Waals surface area contributed by atoms with Crippen LogP contribution in [0.5, 0.6) is 0 Å². The molecule has 0 aliphatic carbocycles. The monoisotopic (exact) mass is 223 g/mol. The van der Waals surface area contributed by atoms with Crippen LogP contribution < -0.4 is 0 Å². The molecule has 0 aliphatic rings. The molecule has 16 heavy (non-hydrogen) atoms. The first-order valence-corrected chi connectivity index (χ1v) is 5.19. The minimum absolute atomic E-state index is 0.151. The summed E-state index contributed by atoms with van der Waals surface area (Å²) >= 11 is 0. The van der Waals surface area contributed by atoms with Gasteiger partial charge < -0.3 is 9.47 Å². The van der Waals surface area contributed by atoms with E-state index in [1.807, 2.05) is 13.0 Å². The van der Waals surface area contributed by atoms with Gasteiger partial charge in [0, 0.05) is 6.61 Å². The summed E-state index contributed by atoms with van der Waals surface area (Å²) in [5.41, 5.74) is 0.442. The van der Waals surface area contributed by atoms with Crippen molar-refractivity contribution in [3.8, 4) is 0 Å². The summed E-state index contributed by atoms with van der Waals surface area (Å²) in [6.45, 7) is 1.98. The third-order valence-electron chi connectivity index (χ3n) is 1.98. The van der Waals surface area contributed by atoms with Crippen LogP contribution in [0.25, 0.3) is 0 Å². The molecular formula is C12H15O4. The SMILES string of the molecule is CCOCC(C[O])OC(=O)c1ccccc1. The molecule has 1 radical (unpaired) electrons. The van der Waals surface area contributed by atoms with E-state index in [0.717, 1.165) is 0 Å². The Hall–Kier alpha value is -1.39. The van der Waals surface area contributed by atoms with Crippen LogP contribution in [-0.4, -0.2) is 31.9 Å². The highest BCUT2D eigenvalue weighted by atomic mass is 16.6. The minimum Gasteiger partial charge on any atom is -0.454 e. The first kappa shape index (κ1) is 12.7. The van der Waals surface area contributed by atoms with Gasteiger partial charge >= 0.3 is 5.97 Å². The van der Waals surface area contributed by atoms with E-state index in [9.17, 15) is 9.90 Å². The molecule has 0 heterocycles. The van der Waals surface area contributed by atoms with E-state index < -0.39 is 18.7 Å². The summed E-state index contributed by atoms with van der Waals surface area (Å²) in [5.74, 6) is -0.485. The average Bonchev–Trinajstić information content (AvgIpc) is 2.35. The van der Waals surface area contributed by atoms with Crippen molar-refractivity contribution in [2.45, 2.75) is 13.0 Å². The Morgan fingerprint density at radius 1 is 1.31 bits per heavy atom. The summed E-state index contributed by atoms with van der Waals surface area (Å²) in [6.07, 6.45) is -0.715. The number of hydrogen-bond donors (Lipinski definition) is 0. The summed E-state index contributed by atoms with van der Waals surface area (Å²) in [7, 11) is 0. The third-order valence-corrected chi connectivity index (χ3v) is 1.98. The van der Waals surface area contributed by atoms with Crippen molar-refractivity contribution in [2.75, 3.05) is 19.8 Å². The number of carbonyl (C=O) groups excluding carboxylic acids is 1. The highest BCUT2D eigenvalue weighted by Gasteiger charge is 2.15. The topological polar surface area (TPSA) is 55.4 Å². The van der Waals surface area contributed by atoms with E-state index in [1.54, 1.807) is 24.3 Å². The van der Waals surface area contributed by atoms with Gasteiger partial charge in [-0.05, 0) is 19.1 Å². The predicted octanol–water partition coefficient (Wildman–Crippen LogP) is 1.68. The molecule has 1 aromatic carbocycles. The molecule has 0 bridgehead atoms. The van der Waals surface area contributed by atoms with Crippen molar-refractivity contribution in [3.63, 3.8) is 0 Å². The van der Waals surface area contributed by atoms with E-state index in [0.29, 0.717) is 12.2 Å². The summed E-state index contributed by atoms with van der Waals surface area (Å²) < 4.78 is 10.1. The lowest BCUT2D eigenvalue weighted by Crippen LogP contribution is -2.26. The third kappa shape index (κ3) is 4.00. The maximum Gasteiger partial charge on any atom is 0.338 e. The molecule has 4 nitrogen and oxygen atoms in total. The largest absolute Gasteiger partial charge is 0.454 e. The molecule has 0 N–H and O–H groups in total. The molecule has 4 heteroatoms. The zero-order chi connectivity index (χ0) is 11.8. The lowest BCUT2D eigenvalue weighted by molar-refractivity contribution is -0.0341. The lowest BCUT2D eigenvalue weighted by Gasteiger charge is -2.14. The van der Waals surface area contributed by atoms with Crippen LogP contribution in [-0.2, 0) is 14.6 Å². The minimum atomic E-state index is -0.715. The molecule has 0 aliphatic heterocycles. The van der Waals surface area contributed by atoms with Crippen molar-refractivity contribution in [1.29, 1.82) is 0 Å². The number of benzene rings is 1. The quantitative estimate of drug-likeness (QED) is 0.689. The van der Waals surface area contributed by atoms with Crippen LogP contribution in [0.3, 0.4) is 0 Å². The number of ether oxygens (including phenoxy) is 2. The number of esters is 1. The molecule has 0 saturated heterocycles. The van der Waals surface area contributed by atoms with E-state index in [2.05, 4.69) is 0 Å². The van der Waals surface area contributed by atoms with Gasteiger partial charge in [0.15, 0.2) is 6.10 Å². The standard InChI is InChI=1S/C12H15O4/c1-2-15-9-11(8-13)16-12(14)10-6-4-3-5-7-10/h3-7,11H,2,8-9H2,1H3. The Kier molecular flexibility index (Phi) is 5.53. The average molecular weight is 223 g/mol. The fourth-order valence-electron chi connectivity index (χ4n) is 1.16. The molecule has 1 atom stereocenters. The van der Waals surface area contributed by atoms with Gasteiger partial charge in [-0.3, -0.25) is 0 Å². The van der Waals surface area contributed by atoms with Crippen LogP contribution in [0, 0.1) is 0 Å². The van der Waals surface area contributed by atoms with Gasteiger partial charge in [0.1, 0.15) is 6.61 Å². The van der Waals surface area contributed by atoms with Crippen LogP contribution in [0.2, 0.25) is 0 Å². The lowest BCUT2D eigenvalue weighted by atomic mass is 10.2. The van der Waals surface area contributed by atoms with Gasteiger partial charge in [-0.1, -0.05) is 18.2 Å². The Morgan fingerprint density at radius 2 is 2.00 bits per heavy atom. The van der Waals surface area contributed by atoms with Crippen LogP contribution >= 0.6 is 0 Å². The summed E-state index contributed by atoms with van der Waals surface area (Å²) in [4.78, 5) is 11.6. The Labute approximate surface area is 94.8 Å². The van der Waals surface area contributed by atoms with Gasteiger partial charge in [0.05, 0.1) is 12.2 Å². The van der Waals surface area contributed by atoms with E-state index in [-0.39, 0.29) is 6.61 Å². The molecule has 87 valence electrons. The summed E-state index contributed by atoms with van der Waals surface area (Å²) in [5, 5.41) is 10.7. The predicted molar refractivity (Wildman–Crippen MR) is 57.7 cm³/mol. The van der Waals surface area contributed by atoms with E-state index in [4.69, 9.17) is 9.47 Å². The van der Waals surface area contributed by atoms with E-state index >= 15 is 0 Å². The van der Waals surface area contributed by atoms with Crippen LogP contribution in [0.15, 0.2) is 30.3 Å². The zero-order valence-electron chi connectivity index (χ0n) is 9.22. The molecule has 0 saturated carbocycles. The molecule has 0 fully saturated rings. The fourth-order valence-corrected chi connectivity index (χ4v) is 1.16. The summed E-state index contributed by atoms with van der Waals surface area (Å²) in [6, 6.07) is 8.58. The molecule has 0 spiro atoms. The normalized spacial score (nSPS) is 12.1. The molecule has 0 amide bonds. The number of carbonyl (C=O) groups is 1. The van der Waals surface area contributed by atoms with Crippen LogP contribution in [0.4, 0.5) is 0 Å². The Bertz CT molecular complexity index is 310. The second-order valence-corrected chi connectivity index (χ2v) is 3.22. The molecule has 1 rings (SSSR count). The molecule has 1 aromatic rings. The second-order valence-electron chi connectivity index (χ2n) is 3.22.